The second-order valence-electron chi connectivity index (χ2n) is 4.93. The predicted molar refractivity (Wildman–Crippen MR) is 91.6 cm³/mol. The Morgan fingerprint density at radius 2 is 1.92 bits per heavy atom. The summed E-state index contributed by atoms with van der Waals surface area (Å²) in [5, 5.41) is 0.177. The number of hydrogen-bond donors (Lipinski definition) is 2. The number of hydrazine groups is 1. The van der Waals surface area contributed by atoms with E-state index in [1.165, 1.54) is 0 Å². The number of aryl methyl sites for hydroxylation is 1. The first-order valence-corrected chi connectivity index (χ1v) is 9.07. The average Bonchev–Trinajstić information content (AvgIpc) is 2.54. The van der Waals surface area contributed by atoms with Crippen LogP contribution >= 0.6 is 23.2 Å². The van der Waals surface area contributed by atoms with Crippen molar-refractivity contribution in [2.75, 3.05) is 6.61 Å². The molecule has 0 aromatic heterocycles. The zero-order chi connectivity index (χ0) is 18.6. The molecule has 25 heavy (non-hydrogen) atoms. The van der Waals surface area contributed by atoms with Crippen LogP contribution in [-0.2, 0) is 14.8 Å². The fourth-order valence-electron chi connectivity index (χ4n) is 1.78. The van der Waals surface area contributed by atoms with E-state index in [1.807, 2.05) is 10.3 Å². The van der Waals surface area contributed by atoms with Gasteiger partial charge in [0, 0.05) is 5.02 Å². The first kappa shape index (κ1) is 19.5. The monoisotopic (exact) mass is 406 g/mol. The van der Waals surface area contributed by atoms with Crippen LogP contribution in [0.3, 0.4) is 0 Å². The number of hydrogen-bond acceptors (Lipinski definition) is 4. The molecule has 0 aliphatic carbocycles. The molecule has 0 unspecified atom stereocenters. The number of amides is 1. The van der Waals surface area contributed by atoms with Crippen molar-refractivity contribution in [3.63, 3.8) is 0 Å². The van der Waals surface area contributed by atoms with E-state index < -0.39 is 28.4 Å². The number of halogens is 3. The van der Waals surface area contributed by atoms with Crippen molar-refractivity contribution in [1.29, 1.82) is 0 Å². The molecule has 10 heteroatoms. The predicted octanol–water partition coefficient (Wildman–Crippen LogP) is 2.83. The van der Waals surface area contributed by atoms with E-state index in [0.29, 0.717) is 10.8 Å². The minimum Gasteiger partial charge on any atom is -0.483 e. The summed E-state index contributed by atoms with van der Waals surface area (Å²) >= 11 is 11.4. The quantitative estimate of drug-likeness (QED) is 0.722. The van der Waals surface area contributed by atoms with Gasteiger partial charge in [-0.3, -0.25) is 10.2 Å². The van der Waals surface area contributed by atoms with E-state index in [0.717, 1.165) is 23.8 Å². The molecule has 134 valence electrons. The fraction of sp³-hybridized carbons (Fsp3) is 0.133. The molecule has 0 bridgehead atoms. The summed E-state index contributed by atoms with van der Waals surface area (Å²) in [5.74, 6) is -1.05. The van der Waals surface area contributed by atoms with Gasteiger partial charge in [-0.05, 0) is 48.9 Å². The van der Waals surface area contributed by atoms with Gasteiger partial charge in [-0.25, -0.2) is 12.8 Å². The minimum absolute atomic E-state index is 0.298. The third-order valence-corrected chi connectivity index (χ3v) is 4.79. The van der Waals surface area contributed by atoms with E-state index >= 15 is 0 Å². The number of carbonyl (C=O) groups excluding carboxylic acids is 1. The SMILES string of the molecule is Cc1cc(Cl)ccc1OCC(=O)NNS(=O)(=O)c1ccc(F)c(Cl)c1. The van der Waals surface area contributed by atoms with Gasteiger partial charge in [0.15, 0.2) is 6.61 Å². The Balaban J connectivity index is 1.93. The molecule has 0 heterocycles. The van der Waals surface area contributed by atoms with Crippen molar-refractivity contribution in [3.8, 4) is 5.75 Å². The number of sulfonamides is 1. The molecular formula is C15H13Cl2FN2O4S. The fourth-order valence-corrected chi connectivity index (χ4v) is 3.14. The zero-order valence-electron chi connectivity index (χ0n) is 12.8. The summed E-state index contributed by atoms with van der Waals surface area (Å²) in [7, 11) is -4.10. The number of ether oxygens (including phenoxy) is 1. The highest BCUT2D eigenvalue weighted by Gasteiger charge is 2.17. The number of rotatable bonds is 6. The third-order valence-electron chi connectivity index (χ3n) is 3.02. The molecule has 0 atom stereocenters. The lowest BCUT2D eigenvalue weighted by Crippen LogP contribution is -2.43. The van der Waals surface area contributed by atoms with Crippen LogP contribution in [0.5, 0.6) is 5.75 Å². The van der Waals surface area contributed by atoms with Crippen molar-refractivity contribution in [1.82, 2.24) is 10.3 Å². The lowest BCUT2D eigenvalue weighted by atomic mass is 10.2. The van der Waals surface area contributed by atoms with Crippen molar-refractivity contribution >= 4 is 39.1 Å². The minimum atomic E-state index is -4.10. The molecule has 0 aliphatic rings. The molecule has 0 aliphatic heterocycles. The Morgan fingerprint density at radius 1 is 1.20 bits per heavy atom. The van der Waals surface area contributed by atoms with E-state index in [4.69, 9.17) is 27.9 Å². The van der Waals surface area contributed by atoms with Crippen LogP contribution in [0.2, 0.25) is 10.0 Å². The molecule has 2 aromatic carbocycles. The Morgan fingerprint density at radius 3 is 2.56 bits per heavy atom. The summed E-state index contributed by atoms with van der Waals surface area (Å²) in [6.07, 6.45) is 0. The van der Waals surface area contributed by atoms with Gasteiger partial charge in [0.2, 0.25) is 0 Å². The maximum Gasteiger partial charge on any atom is 0.272 e. The second-order valence-corrected chi connectivity index (χ2v) is 7.45. The molecule has 0 spiro atoms. The summed E-state index contributed by atoms with van der Waals surface area (Å²) in [4.78, 5) is 13.3. The van der Waals surface area contributed by atoms with E-state index in [-0.39, 0.29) is 9.92 Å². The summed E-state index contributed by atoms with van der Waals surface area (Å²) in [6, 6.07) is 7.71. The topological polar surface area (TPSA) is 84.5 Å². The van der Waals surface area contributed by atoms with Gasteiger partial charge < -0.3 is 4.74 Å². The van der Waals surface area contributed by atoms with Gasteiger partial charge in [-0.1, -0.05) is 23.2 Å². The normalized spacial score (nSPS) is 11.2. The zero-order valence-corrected chi connectivity index (χ0v) is 15.2. The van der Waals surface area contributed by atoms with Gasteiger partial charge in [0.1, 0.15) is 11.6 Å². The van der Waals surface area contributed by atoms with E-state index in [1.54, 1.807) is 25.1 Å². The van der Waals surface area contributed by atoms with Crippen molar-refractivity contribution in [2.24, 2.45) is 0 Å². The molecule has 6 nitrogen and oxygen atoms in total. The maximum absolute atomic E-state index is 13.1. The molecular weight excluding hydrogens is 394 g/mol. The van der Waals surface area contributed by atoms with Crippen LogP contribution < -0.4 is 15.0 Å². The molecule has 0 saturated heterocycles. The first-order chi connectivity index (χ1) is 11.7. The van der Waals surface area contributed by atoms with Gasteiger partial charge >= 0.3 is 0 Å². The standard InChI is InChI=1S/C15H13Cl2FN2O4S/c1-9-6-10(16)2-5-14(9)24-8-15(21)19-20-25(22,23)11-3-4-13(18)12(17)7-11/h2-7,20H,8H2,1H3,(H,19,21). The van der Waals surface area contributed by atoms with Crippen LogP contribution in [0, 0.1) is 12.7 Å². The lowest BCUT2D eigenvalue weighted by Gasteiger charge is -2.11. The maximum atomic E-state index is 13.1. The van der Waals surface area contributed by atoms with Crippen molar-refractivity contribution in [3.05, 3.63) is 57.8 Å². The van der Waals surface area contributed by atoms with Gasteiger partial charge in [0.05, 0.1) is 9.92 Å². The van der Waals surface area contributed by atoms with Gasteiger partial charge in [-0.15, -0.1) is 4.83 Å². The first-order valence-electron chi connectivity index (χ1n) is 6.84. The molecule has 0 fully saturated rings. The highest BCUT2D eigenvalue weighted by molar-refractivity contribution is 7.89. The Kier molecular flexibility index (Phi) is 6.23. The van der Waals surface area contributed by atoms with E-state index in [2.05, 4.69) is 0 Å². The largest absolute Gasteiger partial charge is 0.483 e. The molecule has 0 radical (unpaired) electrons. The van der Waals surface area contributed by atoms with Gasteiger partial charge in [-0.2, -0.15) is 0 Å². The third kappa shape index (κ3) is 5.30. The van der Waals surface area contributed by atoms with Crippen LogP contribution in [0.1, 0.15) is 5.56 Å². The van der Waals surface area contributed by atoms with Crippen molar-refractivity contribution < 1.29 is 22.3 Å². The summed E-state index contributed by atoms with van der Waals surface area (Å²) in [6.45, 7) is 1.33. The van der Waals surface area contributed by atoms with Crippen LogP contribution in [-0.4, -0.2) is 20.9 Å². The number of carbonyl (C=O) groups is 1. The van der Waals surface area contributed by atoms with Crippen molar-refractivity contribution in [2.45, 2.75) is 11.8 Å². The molecule has 1 amide bonds. The smallest absolute Gasteiger partial charge is 0.272 e. The Bertz CT molecular complexity index is 906. The number of benzene rings is 2. The molecule has 0 saturated carbocycles. The highest BCUT2D eigenvalue weighted by atomic mass is 35.5. The second kappa shape index (κ2) is 8.01. The van der Waals surface area contributed by atoms with Crippen LogP contribution in [0.15, 0.2) is 41.3 Å². The molecule has 2 N–H and O–H groups in total. The van der Waals surface area contributed by atoms with Crippen LogP contribution in [0.4, 0.5) is 4.39 Å². The Labute approximate surface area is 153 Å². The highest BCUT2D eigenvalue weighted by Crippen LogP contribution is 2.21. The average molecular weight is 407 g/mol. The molecule has 2 aromatic rings. The Hall–Kier alpha value is -1.87. The summed E-state index contributed by atoms with van der Waals surface area (Å²) in [5.41, 5.74) is 2.72. The number of nitrogens with one attached hydrogen (secondary N) is 2. The van der Waals surface area contributed by atoms with E-state index in [9.17, 15) is 17.6 Å². The lowest BCUT2D eigenvalue weighted by molar-refractivity contribution is -0.123. The van der Waals surface area contributed by atoms with Crippen LogP contribution in [0.25, 0.3) is 0 Å². The summed E-state index contributed by atoms with van der Waals surface area (Å²) < 4.78 is 42.4. The molecule has 2 rings (SSSR count). The van der Waals surface area contributed by atoms with Gasteiger partial charge in [0.25, 0.3) is 15.9 Å².